The van der Waals surface area contributed by atoms with Gasteiger partial charge in [-0.05, 0) is 20.8 Å². The number of carbonyl (C=O) groups excluding carboxylic acids is 1. The summed E-state index contributed by atoms with van der Waals surface area (Å²) < 4.78 is 1.78. The van der Waals surface area contributed by atoms with Gasteiger partial charge in [0, 0.05) is 18.3 Å². The number of hydrogen-bond acceptors (Lipinski definition) is 3. The van der Waals surface area contributed by atoms with Crippen LogP contribution in [0.4, 0.5) is 0 Å². The van der Waals surface area contributed by atoms with Crippen LogP contribution in [-0.2, 0) is 11.8 Å². The quantitative estimate of drug-likeness (QED) is 0.751. The molecule has 2 atom stereocenters. The molecule has 0 fully saturated rings. The number of nitrogens with one attached hydrogen (secondary N) is 1. The Hall–Kier alpha value is -1.36. The van der Waals surface area contributed by atoms with Gasteiger partial charge in [-0.25, -0.2) is 0 Å². The number of amides is 1. The van der Waals surface area contributed by atoms with Crippen LogP contribution in [0, 0.1) is 6.92 Å². The van der Waals surface area contributed by atoms with Gasteiger partial charge in [0.05, 0.1) is 18.3 Å². The van der Waals surface area contributed by atoms with Gasteiger partial charge in [-0.2, -0.15) is 5.10 Å². The van der Waals surface area contributed by atoms with Crippen LogP contribution in [0.3, 0.4) is 0 Å². The fourth-order valence-electron chi connectivity index (χ4n) is 1.36. The Balaban J connectivity index is 2.73. The zero-order chi connectivity index (χ0) is 11.6. The number of nitrogens with two attached hydrogens (primary N) is 1. The van der Waals surface area contributed by atoms with E-state index in [0.717, 1.165) is 11.3 Å². The van der Waals surface area contributed by atoms with E-state index in [-0.39, 0.29) is 11.9 Å². The Morgan fingerprint density at radius 3 is 2.60 bits per heavy atom. The number of nitrogens with zero attached hydrogens (tertiary/aromatic N) is 2. The summed E-state index contributed by atoms with van der Waals surface area (Å²) in [5.74, 6) is -0.147. The molecule has 2 unspecified atom stereocenters. The summed E-state index contributed by atoms with van der Waals surface area (Å²) in [5.41, 5.74) is 7.54. The van der Waals surface area contributed by atoms with E-state index in [2.05, 4.69) is 10.4 Å². The summed E-state index contributed by atoms with van der Waals surface area (Å²) in [6.07, 6.45) is 1.77. The Kier molecular flexibility index (Phi) is 3.47. The topological polar surface area (TPSA) is 72.9 Å². The maximum absolute atomic E-state index is 11.4. The van der Waals surface area contributed by atoms with E-state index in [1.807, 2.05) is 20.9 Å². The molecule has 15 heavy (non-hydrogen) atoms. The van der Waals surface area contributed by atoms with Gasteiger partial charge in [0.2, 0.25) is 5.91 Å². The SMILES string of the molecule is Cc1c(C(C)NC(=O)C(C)N)cnn1C. The molecule has 84 valence electrons. The molecular weight excluding hydrogens is 192 g/mol. The maximum Gasteiger partial charge on any atom is 0.237 e. The summed E-state index contributed by atoms with van der Waals surface area (Å²) in [7, 11) is 1.87. The van der Waals surface area contributed by atoms with Crippen LogP contribution in [0.25, 0.3) is 0 Å². The zero-order valence-electron chi connectivity index (χ0n) is 9.61. The molecule has 0 saturated carbocycles. The van der Waals surface area contributed by atoms with Crippen LogP contribution in [0.1, 0.15) is 31.1 Å². The minimum absolute atomic E-state index is 0.0581. The molecule has 1 aromatic rings. The lowest BCUT2D eigenvalue weighted by atomic mass is 10.1. The summed E-state index contributed by atoms with van der Waals surface area (Å²) in [6.45, 7) is 5.55. The number of aromatic nitrogens is 2. The monoisotopic (exact) mass is 210 g/mol. The molecule has 3 N–H and O–H groups in total. The van der Waals surface area contributed by atoms with E-state index < -0.39 is 6.04 Å². The highest BCUT2D eigenvalue weighted by Crippen LogP contribution is 2.15. The van der Waals surface area contributed by atoms with Crippen molar-refractivity contribution in [1.29, 1.82) is 0 Å². The molecule has 0 aliphatic heterocycles. The third-order valence-corrected chi connectivity index (χ3v) is 2.51. The standard InChI is InChI=1S/C10H18N4O/c1-6(11)10(15)13-7(2)9-5-12-14(4)8(9)3/h5-7H,11H2,1-4H3,(H,13,15). The van der Waals surface area contributed by atoms with E-state index in [1.54, 1.807) is 17.8 Å². The van der Waals surface area contributed by atoms with Gasteiger partial charge >= 0.3 is 0 Å². The van der Waals surface area contributed by atoms with E-state index in [1.165, 1.54) is 0 Å². The lowest BCUT2D eigenvalue weighted by Crippen LogP contribution is -2.39. The molecular formula is C10H18N4O. The number of hydrogen-bond donors (Lipinski definition) is 2. The third kappa shape index (κ3) is 2.56. The average Bonchev–Trinajstić information content (AvgIpc) is 2.47. The van der Waals surface area contributed by atoms with Crippen molar-refractivity contribution in [2.75, 3.05) is 0 Å². The Morgan fingerprint density at radius 1 is 1.60 bits per heavy atom. The molecule has 0 aliphatic carbocycles. The molecule has 0 aromatic carbocycles. The van der Waals surface area contributed by atoms with E-state index >= 15 is 0 Å². The van der Waals surface area contributed by atoms with Crippen LogP contribution in [0.15, 0.2) is 6.20 Å². The number of aryl methyl sites for hydroxylation is 1. The predicted molar refractivity (Wildman–Crippen MR) is 58.2 cm³/mol. The van der Waals surface area contributed by atoms with Crippen molar-refractivity contribution in [2.45, 2.75) is 32.9 Å². The highest BCUT2D eigenvalue weighted by molar-refractivity contribution is 5.81. The van der Waals surface area contributed by atoms with E-state index in [0.29, 0.717) is 0 Å². The fourth-order valence-corrected chi connectivity index (χ4v) is 1.36. The highest BCUT2D eigenvalue weighted by atomic mass is 16.2. The van der Waals surface area contributed by atoms with Crippen LogP contribution >= 0.6 is 0 Å². The number of carbonyl (C=O) groups is 1. The second-order valence-electron chi connectivity index (χ2n) is 3.83. The van der Waals surface area contributed by atoms with Gasteiger partial charge in [0.25, 0.3) is 0 Å². The van der Waals surface area contributed by atoms with Gasteiger partial charge in [0.1, 0.15) is 0 Å². The fraction of sp³-hybridized carbons (Fsp3) is 0.600. The first-order chi connectivity index (χ1) is 6.93. The van der Waals surface area contributed by atoms with Gasteiger partial charge < -0.3 is 11.1 Å². The summed E-state index contributed by atoms with van der Waals surface area (Å²) in [5, 5.41) is 6.96. The smallest absolute Gasteiger partial charge is 0.237 e. The first-order valence-corrected chi connectivity index (χ1v) is 4.98. The van der Waals surface area contributed by atoms with Crippen LogP contribution in [-0.4, -0.2) is 21.7 Å². The summed E-state index contributed by atoms with van der Waals surface area (Å²) in [4.78, 5) is 11.4. The van der Waals surface area contributed by atoms with E-state index in [4.69, 9.17) is 5.73 Å². The van der Waals surface area contributed by atoms with Crippen molar-refractivity contribution in [3.8, 4) is 0 Å². The minimum Gasteiger partial charge on any atom is -0.348 e. The molecule has 1 aromatic heterocycles. The van der Waals surface area contributed by atoms with Gasteiger partial charge in [-0.3, -0.25) is 9.48 Å². The van der Waals surface area contributed by atoms with Crippen molar-refractivity contribution >= 4 is 5.91 Å². The largest absolute Gasteiger partial charge is 0.348 e. The molecule has 1 rings (SSSR count). The molecule has 5 heteroatoms. The number of rotatable bonds is 3. The molecule has 5 nitrogen and oxygen atoms in total. The lowest BCUT2D eigenvalue weighted by molar-refractivity contribution is -0.122. The Morgan fingerprint density at radius 2 is 2.20 bits per heavy atom. The molecule has 0 spiro atoms. The van der Waals surface area contributed by atoms with Crippen molar-refractivity contribution < 1.29 is 4.79 Å². The van der Waals surface area contributed by atoms with Crippen molar-refractivity contribution in [3.63, 3.8) is 0 Å². The average molecular weight is 210 g/mol. The molecule has 1 heterocycles. The lowest BCUT2D eigenvalue weighted by Gasteiger charge is -2.15. The van der Waals surface area contributed by atoms with Crippen molar-refractivity contribution in [3.05, 3.63) is 17.5 Å². The van der Waals surface area contributed by atoms with Crippen LogP contribution < -0.4 is 11.1 Å². The molecule has 1 amide bonds. The van der Waals surface area contributed by atoms with Crippen LogP contribution in [0.2, 0.25) is 0 Å². The minimum atomic E-state index is -0.482. The van der Waals surface area contributed by atoms with Crippen molar-refractivity contribution in [1.82, 2.24) is 15.1 Å². The normalized spacial score (nSPS) is 14.7. The predicted octanol–water partition coefficient (Wildman–Crippen LogP) is 0.253. The second-order valence-corrected chi connectivity index (χ2v) is 3.83. The zero-order valence-corrected chi connectivity index (χ0v) is 9.61. The highest BCUT2D eigenvalue weighted by Gasteiger charge is 2.16. The molecule has 0 aliphatic rings. The van der Waals surface area contributed by atoms with Crippen LogP contribution in [0.5, 0.6) is 0 Å². The molecule has 0 bridgehead atoms. The van der Waals surface area contributed by atoms with Crippen molar-refractivity contribution in [2.24, 2.45) is 12.8 Å². The first-order valence-electron chi connectivity index (χ1n) is 4.98. The van der Waals surface area contributed by atoms with Gasteiger partial charge in [-0.15, -0.1) is 0 Å². The van der Waals surface area contributed by atoms with Gasteiger partial charge in [-0.1, -0.05) is 0 Å². The molecule has 0 saturated heterocycles. The summed E-state index contributed by atoms with van der Waals surface area (Å²) >= 11 is 0. The maximum atomic E-state index is 11.4. The Labute approximate surface area is 89.6 Å². The molecule has 0 radical (unpaired) electrons. The summed E-state index contributed by atoms with van der Waals surface area (Å²) in [6, 6.07) is -0.540. The van der Waals surface area contributed by atoms with E-state index in [9.17, 15) is 4.79 Å². The Bertz CT molecular complexity index is 356. The van der Waals surface area contributed by atoms with Gasteiger partial charge in [0.15, 0.2) is 0 Å². The third-order valence-electron chi connectivity index (χ3n) is 2.51. The first kappa shape index (κ1) is 11.7. The second kappa shape index (κ2) is 4.44.